The van der Waals surface area contributed by atoms with Gasteiger partial charge in [0.15, 0.2) is 7.38 Å². The molecule has 14 heavy (non-hydrogen) atoms. The van der Waals surface area contributed by atoms with Crippen LogP contribution in [0.25, 0.3) is 0 Å². The summed E-state index contributed by atoms with van der Waals surface area (Å²) in [5.74, 6) is 0.768. The van der Waals surface area contributed by atoms with Crippen LogP contribution in [0.15, 0.2) is 30.3 Å². The SMILES string of the molecule is CC1CC1(c1ccccc1)[Si](C)(C)Cl. The molecular weight excluding hydrogens is 208 g/mol. The first-order valence-corrected chi connectivity index (χ1v) is 9.24. The fraction of sp³-hybridized carbons (Fsp3) is 0.500. The molecule has 1 aliphatic carbocycles. The maximum atomic E-state index is 6.66. The Balaban J connectivity index is 2.42. The van der Waals surface area contributed by atoms with Crippen molar-refractivity contribution >= 4 is 18.5 Å². The molecule has 1 aliphatic rings. The standard InChI is InChI=1S/C12H17ClSi/c1-10-9-12(10,14(2,3)13)11-7-5-4-6-8-11/h4-8,10H,9H2,1-3H3. The summed E-state index contributed by atoms with van der Waals surface area (Å²) in [6.45, 7) is 6.86. The van der Waals surface area contributed by atoms with Gasteiger partial charge in [0.2, 0.25) is 0 Å². The summed E-state index contributed by atoms with van der Waals surface area (Å²) in [5.41, 5.74) is 1.46. The third-order valence-electron chi connectivity index (χ3n) is 3.66. The Hall–Kier alpha value is -0.273. The van der Waals surface area contributed by atoms with E-state index in [1.165, 1.54) is 12.0 Å². The Morgan fingerprint density at radius 1 is 1.29 bits per heavy atom. The molecule has 2 atom stereocenters. The summed E-state index contributed by atoms with van der Waals surface area (Å²) in [7, 11) is -1.61. The Labute approximate surface area is 92.0 Å². The van der Waals surface area contributed by atoms with Gasteiger partial charge in [0, 0.05) is 5.04 Å². The highest BCUT2D eigenvalue weighted by Gasteiger charge is 2.62. The number of hydrogen-bond acceptors (Lipinski definition) is 0. The molecule has 0 aromatic heterocycles. The maximum Gasteiger partial charge on any atom is 0.161 e. The molecule has 0 spiro atoms. The van der Waals surface area contributed by atoms with E-state index in [2.05, 4.69) is 50.3 Å². The molecule has 2 rings (SSSR count). The van der Waals surface area contributed by atoms with Crippen molar-refractivity contribution in [2.75, 3.05) is 0 Å². The summed E-state index contributed by atoms with van der Waals surface area (Å²) in [6, 6.07) is 10.8. The molecule has 2 unspecified atom stereocenters. The highest BCUT2D eigenvalue weighted by atomic mass is 35.6. The molecule has 0 N–H and O–H groups in total. The van der Waals surface area contributed by atoms with Gasteiger partial charge in [0.05, 0.1) is 0 Å². The van der Waals surface area contributed by atoms with Crippen LogP contribution in [0.2, 0.25) is 13.1 Å². The molecule has 0 radical (unpaired) electrons. The van der Waals surface area contributed by atoms with Crippen molar-refractivity contribution in [3.05, 3.63) is 35.9 Å². The van der Waals surface area contributed by atoms with E-state index >= 15 is 0 Å². The number of halogens is 1. The first kappa shape index (κ1) is 10.3. The second-order valence-electron chi connectivity index (χ2n) is 4.92. The molecular formula is C12H17ClSi. The van der Waals surface area contributed by atoms with Crippen molar-refractivity contribution in [2.24, 2.45) is 5.92 Å². The van der Waals surface area contributed by atoms with Crippen molar-refractivity contribution in [2.45, 2.75) is 31.5 Å². The lowest BCUT2D eigenvalue weighted by Crippen LogP contribution is -2.37. The van der Waals surface area contributed by atoms with E-state index < -0.39 is 7.38 Å². The quantitative estimate of drug-likeness (QED) is 0.527. The molecule has 0 aliphatic heterocycles. The maximum absolute atomic E-state index is 6.66. The fourth-order valence-electron chi connectivity index (χ4n) is 2.73. The van der Waals surface area contributed by atoms with E-state index in [0.717, 1.165) is 5.92 Å². The van der Waals surface area contributed by atoms with E-state index in [-0.39, 0.29) is 0 Å². The van der Waals surface area contributed by atoms with E-state index in [1.54, 1.807) is 0 Å². The van der Waals surface area contributed by atoms with Crippen molar-refractivity contribution in [1.29, 1.82) is 0 Å². The molecule has 0 bridgehead atoms. The number of benzene rings is 1. The second kappa shape index (κ2) is 3.11. The zero-order valence-corrected chi connectivity index (χ0v) is 10.8. The lowest BCUT2D eigenvalue weighted by atomic mass is 10.1. The zero-order valence-electron chi connectivity index (χ0n) is 9.05. The minimum Gasteiger partial charge on any atom is -0.167 e. The van der Waals surface area contributed by atoms with E-state index in [0.29, 0.717) is 5.04 Å². The van der Waals surface area contributed by atoms with Gasteiger partial charge >= 0.3 is 0 Å². The Morgan fingerprint density at radius 2 is 1.79 bits per heavy atom. The summed E-state index contributed by atoms with van der Waals surface area (Å²) in [5, 5.41) is 0.343. The van der Waals surface area contributed by atoms with Gasteiger partial charge in [0.1, 0.15) is 0 Å². The third-order valence-corrected chi connectivity index (χ3v) is 7.78. The van der Waals surface area contributed by atoms with Crippen molar-refractivity contribution in [1.82, 2.24) is 0 Å². The Bertz CT molecular complexity index is 328. The smallest absolute Gasteiger partial charge is 0.161 e. The Kier molecular flexibility index (Phi) is 2.28. The molecule has 0 amide bonds. The van der Waals surface area contributed by atoms with Crippen molar-refractivity contribution < 1.29 is 0 Å². The van der Waals surface area contributed by atoms with Crippen LogP contribution >= 0.6 is 11.1 Å². The molecule has 76 valence electrons. The van der Waals surface area contributed by atoms with Gasteiger partial charge in [-0.1, -0.05) is 50.3 Å². The van der Waals surface area contributed by atoms with Crippen LogP contribution in [0.4, 0.5) is 0 Å². The molecule has 1 saturated carbocycles. The van der Waals surface area contributed by atoms with Gasteiger partial charge < -0.3 is 0 Å². The molecule has 1 aromatic rings. The largest absolute Gasteiger partial charge is 0.167 e. The first-order chi connectivity index (χ1) is 6.48. The van der Waals surface area contributed by atoms with Crippen LogP contribution in [0.5, 0.6) is 0 Å². The summed E-state index contributed by atoms with van der Waals surface area (Å²) in [4.78, 5) is 0. The van der Waals surface area contributed by atoms with Crippen LogP contribution in [-0.4, -0.2) is 7.38 Å². The van der Waals surface area contributed by atoms with E-state index in [1.807, 2.05) is 0 Å². The fourth-order valence-corrected chi connectivity index (χ4v) is 6.67. The minimum atomic E-state index is -1.61. The molecule has 0 saturated heterocycles. The molecule has 1 fully saturated rings. The monoisotopic (exact) mass is 224 g/mol. The van der Waals surface area contributed by atoms with Gasteiger partial charge in [-0.25, -0.2) is 0 Å². The van der Waals surface area contributed by atoms with Crippen LogP contribution in [-0.2, 0) is 5.04 Å². The van der Waals surface area contributed by atoms with Crippen LogP contribution < -0.4 is 0 Å². The van der Waals surface area contributed by atoms with Gasteiger partial charge in [-0.3, -0.25) is 0 Å². The second-order valence-corrected chi connectivity index (χ2v) is 11.6. The van der Waals surface area contributed by atoms with Crippen LogP contribution in [0, 0.1) is 5.92 Å². The summed E-state index contributed by atoms with van der Waals surface area (Å²) in [6.07, 6.45) is 1.28. The molecule has 2 heteroatoms. The highest BCUT2D eigenvalue weighted by Crippen LogP contribution is 2.60. The average Bonchev–Trinajstić information content (AvgIpc) is 2.79. The number of rotatable bonds is 2. The normalized spacial score (nSPS) is 31.6. The lowest BCUT2D eigenvalue weighted by Gasteiger charge is -2.28. The lowest BCUT2D eigenvalue weighted by molar-refractivity contribution is 0.829. The Morgan fingerprint density at radius 3 is 2.14 bits per heavy atom. The van der Waals surface area contributed by atoms with Crippen LogP contribution in [0.1, 0.15) is 18.9 Å². The van der Waals surface area contributed by atoms with Gasteiger partial charge in [-0.15, -0.1) is 0 Å². The average molecular weight is 225 g/mol. The van der Waals surface area contributed by atoms with E-state index in [4.69, 9.17) is 11.1 Å². The highest BCUT2D eigenvalue weighted by molar-refractivity contribution is 7.20. The molecule has 0 heterocycles. The third kappa shape index (κ3) is 1.34. The molecule has 0 nitrogen and oxygen atoms in total. The first-order valence-electron chi connectivity index (χ1n) is 5.23. The van der Waals surface area contributed by atoms with Gasteiger partial charge in [-0.05, 0) is 17.9 Å². The van der Waals surface area contributed by atoms with Crippen molar-refractivity contribution in [3.63, 3.8) is 0 Å². The predicted octanol–water partition coefficient (Wildman–Crippen LogP) is 3.95. The van der Waals surface area contributed by atoms with Gasteiger partial charge in [0.25, 0.3) is 0 Å². The minimum absolute atomic E-state index is 0.343. The van der Waals surface area contributed by atoms with Gasteiger partial charge in [-0.2, -0.15) is 11.1 Å². The van der Waals surface area contributed by atoms with E-state index in [9.17, 15) is 0 Å². The summed E-state index contributed by atoms with van der Waals surface area (Å²) >= 11 is 6.66. The summed E-state index contributed by atoms with van der Waals surface area (Å²) < 4.78 is 0. The van der Waals surface area contributed by atoms with Crippen LogP contribution in [0.3, 0.4) is 0 Å². The predicted molar refractivity (Wildman–Crippen MR) is 65.2 cm³/mol. The van der Waals surface area contributed by atoms with Crippen molar-refractivity contribution in [3.8, 4) is 0 Å². The zero-order chi connectivity index (χ0) is 10.4. The molecule has 1 aromatic carbocycles. The number of hydrogen-bond donors (Lipinski definition) is 0. The topological polar surface area (TPSA) is 0 Å².